The largest absolute Gasteiger partial charge is 0.416 e. The number of nitrogens with zero attached hydrogens (tertiary/aromatic N) is 3. The molecule has 0 aliphatic carbocycles. The van der Waals surface area contributed by atoms with Crippen LogP contribution in [0.4, 0.5) is 13.2 Å². The second kappa shape index (κ2) is 11.6. The summed E-state index contributed by atoms with van der Waals surface area (Å²) in [7, 11) is 0. The molecule has 1 aliphatic heterocycles. The molecule has 1 fully saturated rings. The van der Waals surface area contributed by atoms with Gasteiger partial charge in [-0.1, -0.05) is 34.4 Å². The molecule has 208 valence electrons. The number of halogens is 5. The van der Waals surface area contributed by atoms with Crippen molar-refractivity contribution in [3.8, 4) is 22.7 Å². The number of alkyl halides is 3. The van der Waals surface area contributed by atoms with E-state index in [4.69, 9.17) is 32.7 Å². The molecule has 0 radical (unpaired) electrons. The zero-order valence-corrected chi connectivity index (χ0v) is 23.0. The summed E-state index contributed by atoms with van der Waals surface area (Å²) in [6, 6.07) is 10.8. The summed E-state index contributed by atoms with van der Waals surface area (Å²) in [5.74, 6) is -0.168. The van der Waals surface area contributed by atoms with E-state index in [1.54, 1.807) is 29.2 Å². The summed E-state index contributed by atoms with van der Waals surface area (Å²) < 4.78 is 43.6. The first kappa shape index (κ1) is 28.1. The standard InChI is InChI=1S/C27H21Cl2F3N4O3S/c28-19-6-3-17(11-20(19)29)21-12-23(39-35-21)22-14-40-26(34-22)16-7-9-36(10-8-16)24(37)13-33-25(38)15-1-4-18(5-2-15)27(30,31)32/h1-6,11-12,14,16H,7-10,13H2,(H,33,38). The average molecular weight is 609 g/mol. The van der Waals surface area contributed by atoms with Gasteiger partial charge in [0, 0.05) is 41.6 Å². The monoisotopic (exact) mass is 608 g/mol. The van der Waals surface area contributed by atoms with Crippen molar-refractivity contribution in [1.82, 2.24) is 20.4 Å². The molecular formula is C27H21Cl2F3N4O3S. The Kier molecular flexibility index (Phi) is 8.16. The van der Waals surface area contributed by atoms with Crippen molar-refractivity contribution in [3.05, 3.63) is 80.1 Å². The van der Waals surface area contributed by atoms with Crippen molar-refractivity contribution in [3.63, 3.8) is 0 Å². The van der Waals surface area contributed by atoms with E-state index in [0.717, 1.165) is 34.8 Å². The fourth-order valence-electron chi connectivity index (χ4n) is 4.33. The highest BCUT2D eigenvalue weighted by Gasteiger charge is 2.30. The predicted octanol–water partition coefficient (Wildman–Crippen LogP) is 6.93. The number of nitrogens with one attached hydrogen (secondary N) is 1. The molecule has 0 spiro atoms. The van der Waals surface area contributed by atoms with Gasteiger partial charge in [-0.2, -0.15) is 13.2 Å². The van der Waals surface area contributed by atoms with Crippen LogP contribution in [0, 0.1) is 0 Å². The van der Waals surface area contributed by atoms with E-state index in [1.807, 2.05) is 5.38 Å². The smallest absolute Gasteiger partial charge is 0.354 e. The molecule has 1 aliphatic rings. The first-order valence-corrected chi connectivity index (χ1v) is 13.8. The van der Waals surface area contributed by atoms with Crippen LogP contribution < -0.4 is 5.32 Å². The topological polar surface area (TPSA) is 88.3 Å². The highest BCUT2D eigenvalue weighted by molar-refractivity contribution is 7.10. The Balaban J connectivity index is 1.12. The number of hydrogen-bond donors (Lipinski definition) is 1. The van der Waals surface area contributed by atoms with Gasteiger partial charge in [0.05, 0.1) is 27.2 Å². The average Bonchev–Trinajstić information content (AvgIpc) is 3.63. The van der Waals surface area contributed by atoms with Crippen LogP contribution in [-0.4, -0.2) is 46.5 Å². The van der Waals surface area contributed by atoms with Gasteiger partial charge < -0.3 is 14.7 Å². The van der Waals surface area contributed by atoms with Gasteiger partial charge in [0.1, 0.15) is 11.4 Å². The third-order valence-electron chi connectivity index (χ3n) is 6.57. The van der Waals surface area contributed by atoms with E-state index >= 15 is 0 Å². The summed E-state index contributed by atoms with van der Waals surface area (Å²) in [5.41, 5.74) is 1.26. The lowest BCUT2D eigenvalue weighted by molar-refractivity contribution is -0.137. The maximum Gasteiger partial charge on any atom is 0.416 e. The van der Waals surface area contributed by atoms with Crippen LogP contribution in [0.25, 0.3) is 22.7 Å². The lowest BCUT2D eigenvalue weighted by Gasteiger charge is -2.31. The van der Waals surface area contributed by atoms with Crippen LogP contribution in [-0.2, 0) is 11.0 Å². The number of rotatable bonds is 6. The van der Waals surface area contributed by atoms with E-state index < -0.39 is 17.6 Å². The Morgan fingerprint density at radius 3 is 2.42 bits per heavy atom. The minimum atomic E-state index is -4.48. The Labute approximate surface area is 240 Å². The van der Waals surface area contributed by atoms with Crippen LogP contribution in [0.3, 0.4) is 0 Å². The van der Waals surface area contributed by atoms with Crippen LogP contribution in [0.15, 0.2) is 58.4 Å². The third kappa shape index (κ3) is 6.32. The molecule has 40 heavy (non-hydrogen) atoms. The quantitative estimate of drug-likeness (QED) is 0.256. The molecule has 0 unspecified atom stereocenters. The van der Waals surface area contributed by atoms with Gasteiger partial charge in [0.15, 0.2) is 5.76 Å². The summed E-state index contributed by atoms with van der Waals surface area (Å²) in [5, 5.41) is 10.3. The second-order valence-electron chi connectivity index (χ2n) is 9.19. The number of thiazole rings is 1. The van der Waals surface area contributed by atoms with Gasteiger partial charge in [-0.05, 0) is 49.2 Å². The van der Waals surface area contributed by atoms with Gasteiger partial charge in [-0.25, -0.2) is 4.98 Å². The molecule has 2 aromatic heterocycles. The molecule has 1 saturated heterocycles. The molecule has 3 heterocycles. The summed E-state index contributed by atoms with van der Waals surface area (Å²) in [4.78, 5) is 31.3. The summed E-state index contributed by atoms with van der Waals surface area (Å²) in [6.07, 6.45) is -3.07. The van der Waals surface area contributed by atoms with E-state index in [2.05, 4.69) is 10.5 Å². The van der Waals surface area contributed by atoms with Crippen LogP contribution in [0.5, 0.6) is 0 Å². The maximum atomic E-state index is 12.7. The molecule has 2 amide bonds. The molecule has 7 nitrogen and oxygen atoms in total. The van der Waals surface area contributed by atoms with E-state index in [1.165, 1.54) is 11.3 Å². The Morgan fingerprint density at radius 2 is 1.75 bits per heavy atom. The van der Waals surface area contributed by atoms with Crippen LogP contribution in [0.2, 0.25) is 10.0 Å². The Hall–Kier alpha value is -3.41. The zero-order valence-electron chi connectivity index (χ0n) is 20.7. The van der Waals surface area contributed by atoms with Crippen molar-refractivity contribution in [2.24, 2.45) is 0 Å². The predicted molar refractivity (Wildman–Crippen MR) is 145 cm³/mol. The first-order chi connectivity index (χ1) is 19.1. The number of benzene rings is 2. The van der Waals surface area contributed by atoms with E-state index in [9.17, 15) is 22.8 Å². The maximum absolute atomic E-state index is 12.7. The molecule has 0 bridgehead atoms. The number of carbonyl (C=O) groups is 2. The van der Waals surface area contributed by atoms with Gasteiger partial charge in [0.25, 0.3) is 5.91 Å². The zero-order chi connectivity index (χ0) is 28.4. The number of hydrogen-bond acceptors (Lipinski definition) is 6. The Morgan fingerprint density at radius 1 is 1.02 bits per heavy atom. The lowest BCUT2D eigenvalue weighted by Crippen LogP contribution is -2.43. The number of carbonyl (C=O) groups excluding carboxylic acids is 2. The molecule has 1 N–H and O–H groups in total. The van der Waals surface area contributed by atoms with Crippen molar-refractivity contribution >= 4 is 46.4 Å². The van der Waals surface area contributed by atoms with Crippen molar-refractivity contribution in [2.75, 3.05) is 19.6 Å². The second-order valence-corrected chi connectivity index (χ2v) is 10.9. The van der Waals surface area contributed by atoms with Crippen LogP contribution in [0.1, 0.15) is 39.7 Å². The summed E-state index contributed by atoms with van der Waals surface area (Å²) in [6.45, 7) is 0.759. The normalized spacial score (nSPS) is 14.4. The number of likely N-dealkylation sites (tertiary alicyclic amines) is 1. The molecular weight excluding hydrogens is 588 g/mol. The minimum absolute atomic E-state index is 0.0509. The fraction of sp³-hybridized carbons (Fsp3) is 0.259. The van der Waals surface area contributed by atoms with E-state index in [0.29, 0.717) is 53.1 Å². The van der Waals surface area contributed by atoms with Gasteiger partial charge >= 0.3 is 6.18 Å². The third-order valence-corrected chi connectivity index (χ3v) is 8.32. The Bertz CT molecular complexity index is 1530. The van der Waals surface area contributed by atoms with Crippen LogP contribution >= 0.6 is 34.5 Å². The molecule has 4 aromatic rings. The van der Waals surface area contributed by atoms with Crippen molar-refractivity contribution in [2.45, 2.75) is 24.9 Å². The van der Waals surface area contributed by atoms with Crippen molar-refractivity contribution < 1.29 is 27.3 Å². The van der Waals surface area contributed by atoms with E-state index in [-0.39, 0.29) is 23.9 Å². The highest BCUT2D eigenvalue weighted by atomic mass is 35.5. The first-order valence-electron chi connectivity index (χ1n) is 12.2. The molecule has 13 heteroatoms. The number of amides is 2. The van der Waals surface area contributed by atoms with Gasteiger partial charge in [-0.15, -0.1) is 11.3 Å². The number of piperidine rings is 1. The lowest BCUT2D eigenvalue weighted by atomic mass is 9.97. The van der Waals surface area contributed by atoms with Gasteiger partial charge in [0.2, 0.25) is 5.91 Å². The summed E-state index contributed by atoms with van der Waals surface area (Å²) >= 11 is 13.6. The SMILES string of the molecule is O=C(NCC(=O)N1CCC(c2nc(-c3cc(-c4ccc(Cl)c(Cl)c4)no3)cs2)CC1)c1ccc(C(F)(F)F)cc1. The molecule has 5 rings (SSSR count). The highest BCUT2D eigenvalue weighted by Crippen LogP contribution is 2.35. The molecule has 2 aromatic carbocycles. The molecule has 0 saturated carbocycles. The molecule has 0 atom stereocenters. The fourth-order valence-corrected chi connectivity index (χ4v) is 5.61. The number of aromatic nitrogens is 2. The minimum Gasteiger partial charge on any atom is -0.354 e. The van der Waals surface area contributed by atoms with Gasteiger partial charge in [-0.3, -0.25) is 9.59 Å². The van der Waals surface area contributed by atoms with Crippen molar-refractivity contribution in [1.29, 1.82) is 0 Å².